The highest BCUT2D eigenvalue weighted by molar-refractivity contribution is 14.0. The highest BCUT2D eigenvalue weighted by atomic mass is 127. The van der Waals surface area contributed by atoms with Crippen LogP contribution in [0.1, 0.15) is 40.0 Å². The van der Waals surface area contributed by atoms with E-state index in [0.717, 1.165) is 45.0 Å². The Morgan fingerprint density at radius 2 is 2.12 bits per heavy atom. The van der Waals surface area contributed by atoms with E-state index in [1.807, 2.05) is 0 Å². The zero-order chi connectivity index (χ0) is 17.2. The van der Waals surface area contributed by atoms with Crippen LogP contribution >= 0.6 is 24.0 Å². The van der Waals surface area contributed by atoms with Crippen LogP contribution in [0, 0.1) is 16.7 Å². The number of aliphatic hydroxyl groups is 1. The van der Waals surface area contributed by atoms with Crippen molar-refractivity contribution in [3.05, 3.63) is 0 Å². The number of rotatable bonds is 6. The molecule has 4 atom stereocenters. The largest absolute Gasteiger partial charge is 0.396 e. The van der Waals surface area contributed by atoms with Gasteiger partial charge in [0, 0.05) is 49.2 Å². The van der Waals surface area contributed by atoms with Gasteiger partial charge in [-0.1, -0.05) is 13.8 Å². The topological polar surface area (TPSA) is 75.1 Å². The Labute approximate surface area is 168 Å². The number of aliphatic imine (C=N–C) groups is 1. The van der Waals surface area contributed by atoms with Crippen LogP contribution < -0.4 is 10.6 Å². The fraction of sp³-hybridized carbons (Fsp3) is 0.944. The summed E-state index contributed by atoms with van der Waals surface area (Å²) in [6.45, 7) is 10.7. The van der Waals surface area contributed by atoms with Crippen molar-refractivity contribution < 1.29 is 14.6 Å². The van der Waals surface area contributed by atoms with E-state index in [1.165, 1.54) is 0 Å². The maximum Gasteiger partial charge on any atom is 0.191 e. The Kier molecular flexibility index (Phi) is 7.38. The van der Waals surface area contributed by atoms with Gasteiger partial charge in [-0.05, 0) is 26.2 Å². The molecule has 3 aliphatic rings. The minimum atomic E-state index is -0.00869. The fourth-order valence-electron chi connectivity index (χ4n) is 4.62. The second-order valence-electron chi connectivity index (χ2n) is 8.16. The van der Waals surface area contributed by atoms with E-state index in [1.54, 1.807) is 0 Å². The van der Waals surface area contributed by atoms with Gasteiger partial charge in [0.05, 0.1) is 19.3 Å². The molecular weight excluding hydrogens is 433 g/mol. The minimum Gasteiger partial charge on any atom is -0.396 e. The molecule has 25 heavy (non-hydrogen) atoms. The molecule has 6 nitrogen and oxygen atoms in total. The summed E-state index contributed by atoms with van der Waals surface area (Å²) in [5, 5.41) is 16.4. The second-order valence-corrected chi connectivity index (χ2v) is 8.16. The summed E-state index contributed by atoms with van der Waals surface area (Å²) in [5.41, 5.74) is 0.127. The molecule has 0 amide bonds. The molecule has 0 spiro atoms. The fourth-order valence-corrected chi connectivity index (χ4v) is 4.62. The molecule has 0 aromatic heterocycles. The Bertz CT molecular complexity index is 466. The first-order valence-corrected chi connectivity index (χ1v) is 9.37. The lowest BCUT2D eigenvalue weighted by Crippen LogP contribution is -2.68. The molecule has 0 radical (unpaired) electrons. The third kappa shape index (κ3) is 4.25. The van der Waals surface area contributed by atoms with E-state index in [0.29, 0.717) is 31.2 Å². The molecule has 1 aliphatic carbocycles. The Balaban J connectivity index is 0.00000225. The first-order valence-electron chi connectivity index (χ1n) is 9.37. The molecular formula is C18H34IN3O3. The molecule has 2 heterocycles. The number of fused-ring (bicyclic) bond motifs is 1. The average molecular weight is 467 g/mol. The summed E-state index contributed by atoms with van der Waals surface area (Å²) in [7, 11) is 0. The molecule has 0 aromatic rings. The summed E-state index contributed by atoms with van der Waals surface area (Å²) in [4.78, 5) is 4.85. The highest BCUT2D eigenvalue weighted by Crippen LogP contribution is 2.52. The monoisotopic (exact) mass is 467 g/mol. The zero-order valence-corrected chi connectivity index (χ0v) is 18.0. The van der Waals surface area contributed by atoms with Crippen molar-refractivity contribution in [2.24, 2.45) is 21.7 Å². The van der Waals surface area contributed by atoms with Crippen molar-refractivity contribution in [1.82, 2.24) is 10.6 Å². The SMILES string of the molecule is CCNC(=NCC1(CCO)CCOC1)NC1C2CCOC2C1(C)C.I. The van der Waals surface area contributed by atoms with Gasteiger partial charge in [0.1, 0.15) is 0 Å². The molecule has 4 unspecified atom stereocenters. The van der Waals surface area contributed by atoms with Crippen LogP contribution in [-0.2, 0) is 9.47 Å². The van der Waals surface area contributed by atoms with Crippen LogP contribution in [0.4, 0.5) is 0 Å². The number of aliphatic hydroxyl groups excluding tert-OH is 1. The smallest absolute Gasteiger partial charge is 0.191 e. The van der Waals surface area contributed by atoms with Gasteiger partial charge in [-0.3, -0.25) is 4.99 Å². The highest BCUT2D eigenvalue weighted by Gasteiger charge is 2.59. The minimum absolute atomic E-state index is 0. The van der Waals surface area contributed by atoms with Crippen molar-refractivity contribution in [3.63, 3.8) is 0 Å². The van der Waals surface area contributed by atoms with E-state index in [2.05, 4.69) is 31.4 Å². The first kappa shape index (κ1) is 21.2. The molecule has 3 N–H and O–H groups in total. The van der Waals surface area contributed by atoms with E-state index >= 15 is 0 Å². The van der Waals surface area contributed by atoms with Gasteiger partial charge < -0.3 is 25.2 Å². The van der Waals surface area contributed by atoms with E-state index in [-0.39, 0.29) is 41.4 Å². The van der Waals surface area contributed by atoms with Crippen LogP contribution in [0.2, 0.25) is 0 Å². The van der Waals surface area contributed by atoms with Crippen molar-refractivity contribution >= 4 is 29.9 Å². The normalized spacial score (nSPS) is 36.3. The molecule has 146 valence electrons. The molecule has 0 aromatic carbocycles. The number of ether oxygens (including phenoxy) is 2. The van der Waals surface area contributed by atoms with E-state index in [4.69, 9.17) is 14.5 Å². The predicted molar refractivity (Wildman–Crippen MR) is 110 cm³/mol. The first-order chi connectivity index (χ1) is 11.5. The molecule has 2 saturated heterocycles. The second kappa shape index (κ2) is 8.71. The van der Waals surface area contributed by atoms with Gasteiger partial charge in [-0.25, -0.2) is 0 Å². The quantitative estimate of drug-likeness (QED) is 0.316. The molecule has 3 fully saturated rings. The number of hydrogen-bond acceptors (Lipinski definition) is 4. The van der Waals surface area contributed by atoms with Gasteiger partial charge in [0.15, 0.2) is 5.96 Å². The van der Waals surface area contributed by atoms with Crippen molar-refractivity contribution in [1.29, 1.82) is 0 Å². The maximum atomic E-state index is 9.38. The average Bonchev–Trinajstić information content (AvgIpc) is 3.19. The maximum absolute atomic E-state index is 9.38. The lowest BCUT2D eigenvalue weighted by molar-refractivity contribution is -0.106. The van der Waals surface area contributed by atoms with Gasteiger partial charge in [-0.2, -0.15) is 0 Å². The van der Waals surface area contributed by atoms with Crippen molar-refractivity contribution in [3.8, 4) is 0 Å². The van der Waals surface area contributed by atoms with Crippen LogP contribution in [0.5, 0.6) is 0 Å². The van der Waals surface area contributed by atoms with Crippen LogP contribution in [0.25, 0.3) is 0 Å². The number of nitrogens with zero attached hydrogens (tertiary/aromatic N) is 1. The van der Waals surface area contributed by atoms with Gasteiger partial charge >= 0.3 is 0 Å². The van der Waals surface area contributed by atoms with Crippen LogP contribution in [0.15, 0.2) is 4.99 Å². The number of nitrogens with one attached hydrogen (secondary N) is 2. The number of hydrogen-bond donors (Lipinski definition) is 3. The summed E-state index contributed by atoms with van der Waals surface area (Å²) >= 11 is 0. The Morgan fingerprint density at radius 1 is 1.32 bits per heavy atom. The molecule has 2 aliphatic heterocycles. The van der Waals surface area contributed by atoms with Crippen LogP contribution in [0.3, 0.4) is 0 Å². The van der Waals surface area contributed by atoms with E-state index in [9.17, 15) is 5.11 Å². The van der Waals surface area contributed by atoms with Crippen LogP contribution in [-0.4, -0.2) is 62.7 Å². The van der Waals surface area contributed by atoms with Crippen molar-refractivity contribution in [2.75, 3.05) is 39.5 Å². The third-order valence-electron chi connectivity index (χ3n) is 6.14. The number of halogens is 1. The predicted octanol–water partition coefficient (Wildman–Crippen LogP) is 1.76. The summed E-state index contributed by atoms with van der Waals surface area (Å²) in [6, 6.07) is 0.399. The Morgan fingerprint density at radius 3 is 2.76 bits per heavy atom. The molecule has 0 bridgehead atoms. The van der Waals surface area contributed by atoms with Gasteiger partial charge in [0.2, 0.25) is 0 Å². The zero-order valence-electron chi connectivity index (χ0n) is 15.7. The molecule has 1 saturated carbocycles. The summed E-state index contributed by atoms with van der Waals surface area (Å²) in [6.07, 6.45) is 3.24. The standard InChI is InChI=1S/C18H33N3O3.HI/c1-4-19-16(20-11-18(6-8-22)7-10-23-12-18)21-14-13-5-9-24-15(13)17(14,2)3;/h13-15,22H,4-12H2,1-3H3,(H2,19,20,21);1H. The third-order valence-corrected chi connectivity index (χ3v) is 6.14. The summed E-state index contributed by atoms with van der Waals surface area (Å²) < 4.78 is 11.5. The summed E-state index contributed by atoms with van der Waals surface area (Å²) in [5.74, 6) is 1.47. The lowest BCUT2D eigenvalue weighted by Gasteiger charge is -2.55. The molecule has 3 rings (SSSR count). The van der Waals surface area contributed by atoms with Gasteiger partial charge in [0.25, 0.3) is 0 Å². The lowest BCUT2D eigenvalue weighted by atomic mass is 9.57. The number of guanidine groups is 1. The van der Waals surface area contributed by atoms with Gasteiger partial charge in [-0.15, -0.1) is 24.0 Å². The van der Waals surface area contributed by atoms with E-state index < -0.39 is 0 Å². The molecule has 7 heteroatoms. The Hall–Kier alpha value is -0.120. The van der Waals surface area contributed by atoms with Crippen molar-refractivity contribution in [2.45, 2.75) is 52.2 Å².